The van der Waals surface area contributed by atoms with Gasteiger partial charge >= 0.3 is 11.7 Å². The summed E-state index contributed by atoms with van der Waals surface area (Å²) < 4.78 is 18.4. The van der Waals surface area contributed by atoms with Crippen LogP contribution in [-0.2, 0) is 14.3 Å². The number of esters is 1. The van der Waals surface area contributed by atoms with Gasteiger partial charge in [0.1, 0.15) is 0 Å². The fourth-order valence-electron chi connectivity index (χ4n) is 1.33. The minimum Gasteiger partial charge on any atom is -0.463 e. The average Bonchev–Trinajstić information content (AvgIpc) is 2.40. The van der Waals surface area contributed by atoms with Gasteiger partial charge in [0.25, 0.3) is 5.56 Å². The van der Waals surface area contributed by atoms with Crippen LogP contribution in [0.15, 0.2) is 15.8 Å². The number of nitrogens with two attached hydrogens (primary N) is 1. The first-order valence-electron chi connectivity index (χ1n) is 5.57. The first kappa shape index (κ1) is 15.6. The van der Waals surface area contributed by atoms with Crippen LogP contribution >= 0.6 is 0 Å². The van der Waals surface area contributed by atoms with Gasteiger partial charge in [-0.05, 0) is 6.92 Å². The lowest BCUT2D eigenvalue weighted by Crippen LogP contribution is -2.46. The van der Waals surface area contributed by atoms with Crippen molar-refractivity contribution in [2.24, 2.45) is 5.73 Å². The highest BCUT2D eigenvalue weighted by Crippen LogP contribution is 2.02. The molecule has 0 saturated heterocycles. The van der Waals surface area contributed by atoms with E-state index in [9.17, 15) is 23.6 Å². The maximum atomic E-state index is 13.2. The van der Waals surface area contributed by atoms with E-state index in [4.69, 9.17) is 5.73 Å². The number of aromatic nitrogens is 2. The number of H-pyrrole nitrogens is 1. The fraction of sp³-hybridized carbons (Fsp3) is 0.400. The van der Waals surface area contributed by atoms with Crippen molar-refractivity contribution in [2.45, 2.75) is 13.1 Å². The molecular weight excluding hydrogens is 275 g/mol. The van der Waals surface area contributed by atoms with E-state index in [1.807, 2.05) is 0 Å². The van der Waals surface area contributed by atoms with Gasteiger partial charge in [0.15, 0.2) is 0 Å². The number of hydrogen-bond donors (Lipinski definition) is 3. The summed E-state index contributed by atoms with van der Waals surface area (Å²) in [5.74, 6) is -3.05. The van der Waals surface area contributed by atoms with Crippen molar-refractivity contribution in [3.8, 4) is 0 Å². The Hall–Kier alpha value is -2.49. The van der Waals surface area contributed by atoms with Crippen molar-refractivity contribution in [3.05, 3.63) is 32.9 Å². The zero-order valence-electron chi connectivity index (χ0n) is 10.5. The monoisotopic (exact) mass is 288 g/mol. The van der Waals surface area contributed by atoms with Gasteiger partial charge in [-0.3, -0.25) is 19.1 Å². The number of hydrogen-bond acceptors (Lipinski definition) is 6. The molecule has 0 spiro atoms. The van der Waals surface area contributed by atoms with E-state index in [1.54, 1.807) is 4.98 Å². The number of carbonyl (C=O) groups is 2. The van der Waals surface area contributed by atoms with Crippen LogP contribution < -0.4 is 22.3 Å². The molecule has 1 aromatic heterocycles. The Balaban J connectivity index is 3.26. The summed E-state index contributed by atoms with van der Waals surface area (Å²) in [6, 6.07) is 0. The minimum atomic E-state index is -1.62. The second-order valence-corrected chi connectivity index (χ2v) is 3.57. The van der Waals surface area contributed by atoms with Gasteiger partial charge < -0.3 is 15.8 Å². The van der Waals surface area contributed by atoms with E-state index in [1.165, 1.54) is 6.92 Å². The lowest BCUT2D eigenvalue weighted by Gasteiger charge is -2.18. The van der Waals surface area contributed by atoms with Crippen LogP contribution in [0.3, 0.4) is 0 Å². The van der Waals surface area contributed by atoms with E-state index in [0.717, 1.165) is 0 Å². The molecule has 0 aliphatic rings. The lowest BCUT2D eigenvalue weighted by molar-refractivity contribution is -0.150. The Kier molecular flexibility index (Phi) is 5.15. The molecule has 0 aliphatic carbocycles. The third-order valence-corrected chi connectivity index (χ3v) is 2.20. The quantitative estimate of drug-likeness (QED) is 0.526. The highest BCUT2D eigenvalue weighted by atomic mass is 19.1. The number of rotatable bonds is 5. The summed E-state index contributed by atoms with van der Waals surface area (Å²) in [7, 11) is 0. The fourth-order valence-corrected chi connectivity index (χ4v) is 1.33. The zero-order valence-corrected chi connectivity index (χ0v) is 10.5. The number of nitrogens with zero attached hydrogens (tertiary/aromatic N) is 1. The summed E-state index contributed by atoms with van der Waals surface area (Å²) in [5.41, 5.74) is 2.77. The smallest absolute Gasteiger partial charge is 0.350 e. The first-order chi connectivity index (χ1) is 9.40. The summed E-state index contributed by atoms with van der Waals surface area (Å²) in [4.78, 5) is 47.1. The Morgan fingerprint density at radius 1 is 1.55 bits per heavy atom. The van der Waals surface area contributed by atoms with E-state index in [-0.39, 0.29) is 6.61 Å². The number of aromatic amines is 1. The van der Waals surface area contributed by atoms with Gasteiger partial charge in [-0.15, -0.1) is 0 Å². The van der Waals surface area contributed by atoms with Gasteiger partial charge in [-0.25, -0.2) is 9.59 Å². The van der Waals surface area contributed by atoms with Crippen molar-refractivity contribution < 1.29 is 18.7 Å². The van der Waals surface area contributed by atoms with Gasteiger partial charge in [-0.2, -0.15) is 4.39 Å². The Labute approximate surface area is 111 Å². The number of ether oxygens (including phenoxy) is 1. The van der Waals surface area contributed by atoms with Crippen LogP contribution in [0, 0.1) is 5.82 Å². The van der Waals surface area contributed by atoms with Crippen LogP contribution in [0.25, 0.3) is 0 Å². The van der Waals surface area contributed by atoms with Crippen molar-refractivity contribution in [1.82, 2.24) is 14.9 Å². The number of nitrogens with one attached hydrogen (secondary N) is 2. The standard InChI is InChI=1S/C10H13FN4O5/c1-2-20-9(18)7(13-6(16)3-12)15-4-5(11)8(17)14-10(15)19/h4,7H,2-3,12H2,1H3,(H,13,16)(H,14,17,19). The molecule has 1 heterocycles. The Morgan fingerprint density at radius 2 is 2.20 bits per heavy atom. The van der Waals surface area contributed by atoms with Crippen LogP contribution in [0.5, 0.6) is 0 Å². The third kappa shape index (κ3) is 3.51. The molecule has 0 fully saturated rings. The van der Waals surface area contributed by atoms with Crippen molar-refractivity contribution in [2.75, 3.05) is 13.2 Å². The molecule has 1 rings (SSSR count). The highest BCUT2D eigenvalue weighted by Gasteiger charge is 2.25. The van der Waals surface area contributed by atoms with Gasteiger partial charge in [-0.1, -0.05) is 0 Å². The summed E-state index contributed by atoms with van der Waals surface area (Å²) in [6.45, 7) is 1.04. The van der Waals surface area contributed by atoms with E-state index in [0.29, 0.717) is 10.8 Å². The van der Waals surface area contributed by atoms with Gasteiger partial charge in [0.05, 0.1) is 19.3 Å². The molecule has 4 N–H and O–H groups in total. The summed E-state index contributed by atoms with van der Waals surface area (Å²) in [6.07, 6.45) is -1.12. The van der Waals surface area contributed by atoms with E-state index < -0.39 is 41.7 Å². The van der Waals surface area contributed by atoms with Gasteiger partial charge in [0, 0.05) is 0 Å². The van der Waals surface area contributed by atoms with Crippen LogP contribution in [0.4, 0.5) is 4.39 Å². The van der Waals surface area contributed by atoms with Crippen molar-refractivity contribution in [1.29, 1.82) is 0 Å². The first-order valence-corrected chi connectivity index (χ1v) is 5.57. The second-order valence-electron chi connectivity index (χ2n) is 3.57. The van der Waals surface area contributed by atoms with Crippen molar-refractivity contribution >= 4 is 11.9 Å². The molecule has 0 aliphatic heterocycles. The normalized spacial score (nSPS) is 11.8. The second kappa shape index (κ2) is 6.61. The maximum absolute atomic E-state index is 13.2. The molecule has 1 atom stereocenters. The molecule has 9 nitrogen and oxygen atoms in total. The topological polar surface area (TPSA) is 136 Å². The minimum absolute atomic E-state index is 0.0194. The predicted octanol–water partition coefficient (Wildman–Crippen LogP) is -2.19. The summed E-state index contributed by atoms with van der Waals surface area (Å²) in [5, 5.41) is 2.09. The van der Waals surface area contributed by atoms with Crippen LogP contribution in [0.1, 0.15) is 13.1 Å². The van der Waals surface area contributed by atoms with Crippen molar-refractivity contribution in [3.63, 3.8) is 0 Å². The Bertz CT molecular complexity index is 623. The maximum Gasteiger partial charge on any atom is 0.350 e. The molecule has 1 amide bonds. The molecule has 0 saturated carbocycles. The lowest BCUT2D eigenvalue weighted by atomic mass is 10.4. The molecule has 110 valence electrons. The predicted molar refractivity (Wildman–Crippen MR) is 64.1 cm³/mol. The Morgan fingerprint density at radius 3 is 2.75 bits per heavy atom. The molecular formula is C10H13FN4O5. The zero-order chi connectivity index (χ0) is 15.3. The third-order valence-electron chi connectivity index (χ3n) is 2.20. The number of halogens is 1. The molecule has 0 aromatic carbocycles. The molecule has 1 unspecified atom stereocenters. The molecule has 1 aromatic rings. The van der Waals surface area contributed by atoms with E-state index >= 15 is 0 Å². The van der Waals surface area contributed by atoms with Crippen LogP contribution in [-0.4, -0.2) is 34.6 Å². The molecule has 10 heteroatoms. The average molecular weight is 288 g/mol. The van der Waals surface area contributed by atoms with E-state index in [2.05, 4.69) is 10.1 Å². The molecule has 0 radical (unpaired) electrons. The molecule has 0 bridgehead atoms. The largest absolute Gasteiger partial charge is 0.463 e. The molecule has 20 heavy (non-hydrogen) atoms. The van der Waals surface area contributed by atoms with Crippen LogP contribution in [0.2, 0.25) is 0 Å². The number of carbonyl (C=O) groups excluding carboxylic acids is 2. The number of amides is 1. The SMILES string of the molecule is CCOC(=O)C(NC(=O)CN)n1cc(F)c(=O)[nH]c1=O. The highest BCUT2D eigenvalue weighted by molar-refractivity contribution is 5.84. The summed E-state index contributed by atoms with van der Waals surface area (Å²) >= 11 is 0. The van der Waals surface area contributed by atoms with Gasteiger partial charge in [0.2, 0.25) is 17.9 Å².